The van der Waals surface area contributed by atoms with Crippen molar-refractivity contribution in [2.24, 2.45) is 10.5 Å². The van der Waals surface area contributed by atoms with Crippen LogP contribution in [0.3, 0.4) is 0 Å². The Labute approximate surface area is 159 Å². The predicted octanol–water partition coefficient (Wildman–Crippen LogP) is 5.01. The predicted molar refractivity (Wildman–Crippen MR) is 112 cm³/mol. The molecule has 0 saturated heterocycles. The van der Waals surface area contributed by atoms with Crippen LogP contribution in [0.5, 0.6) is 0 Å². The van der Waals surface area contributed by atoms with Crippen molar-refractivity contribution in [3.05, 3.63) is 60.7 Å². The Balaban J connectivity index is 2.59. The van der Waals surface area contributed by atoms with Crippen LogP contribution in [0.4, 0.5) is 0 Å². The number of rotatable bonds is 7. The molecule has 2 aromatic rings. The van der Waals surface area contributed by atoms with Crippen LogP contribution in [0.15, 0.2) is 65.8 Å². The van der Waals surface area contributed by atoms with Crippen LogP contribution in [0.1, 0.15) is 41.5 Å². The third-order valence-corrected chi connectivity index (χ3v) is 10.4. The summed E-state index contributed by atoms with van der Waals surface area (Å²) in [6, 6.07) is 21.2. The molecule has 0 saturated carbocycles. The quantitative estimate of drug-likeness (QED) is 0.542. The average Bonchev–Trinajstić information content (AvgIpc) is 2.62. The Bertz CT molecular complexity index is 668. The molecule has 0 fully saturated rings. The van der Waals surface area contributed by atoms with Crippen molar-refractivity contribution in [3.8, 4) is 0 Å². The Hall–Kier alpha value is -1.78. The van der Waals surface area contributed by atoms with Crippen molar-refractivity contribution in [2.45, 2.75) is 52.6 Å². The molecular weight excluding hydrogens is 336 g/mol. The highest BCUT2D eigenvalue weighted by molar-refractivity contribution is 6.99. The van der Waals surface area contributed by atoms with E-state index in [1.807, 2.05) is 6.92 Å². The number of benzene rings is 2. The summed E-state index contributed by atoms with van der Waals surface area (Å²) in [6.07, 6.45) is 0. The second-order valence-electron chi connectivity index (χ2n) is 8.75. The molecule has 140 valence electrons. The third-order valence-electron chi connectivity index (χ3n) is 5.40. The van der Waals surface area contributed by atoms with Gasteiger partial charge in [0.25, 0.3) is 8.32 Å². The standard InChI is InChI=1S/C22H32N2OSi/c1-18(24-23)22(5,6)17-25-26(21(2,3)4,19-13-9-7-10-14-19)20-15-11-8-12-16-20/h7-16,18,23H,17H2,1-6H3. The molecule has 0 heterocycles. The summed E-state index contributed by atoms with van der Waals surface area (Å²) in [7, 11) is -2.52. The lowest BCUT2D eigenvalue weighted by Crippen LogP contribution is -2.67. The minimum absolute atomic E-state index is 0.0346. The van der Waals surface area contributed by atoms with Crippen molar-refractivity contribution in [3.63, 3.8) is 0 Å². The average molecular weight is 369 g/mol. The topological polar surface area (TPSA) is 45.4 Å². The van der Waals surface area contributed by atoms with Gasteiger partial charge in [0.2, 0.25) is 0 Å². The summed E-state index contributed by atoms with van der Waals surface area (Å²) in [4.78, 5) is 0. The maximum absolute atomic E-state index is 7.43. The Morgan fingerprint density at radius 1 is 0.885 bits per heavy atom. The Morgan fingerprint density at radius 3 is 1.65 bits per heavy atom. The lowest BCUT2D eigenvalue weighted by Gasteiger charge is -2.45. The van der Waals surface area contributed by atoms with Gasteiger partial charge in [-0.25, -0.2) is 5.53 Å². The van der Waals surface area contributed by atoms with Crippen molar-refractivity contribution in [1.29, 1.82) is 5.53 Å². The lowest BCUT2D eigenvalue weighted by molar-refractivity contribution is 0.145. The van der Waals surface area contributed by atoms with E-state index in [1.54, 1.807) is 0 Å². The van der Waals surface area contributed by atoms with E-state index in [1.165, 1.54) is 10.4 Å². The van der Waals surface area contributed by atoms with Gasteiger partial charge in [0.15, 0.2) is 0 Å². The smallest absolute Gasteiger partial charge is 0.261 e. The molecule has 0 aromatic heterocycles. The van der Waals surface area contributed by atoms with E-state index in [0.29, 0.717) is 6.61 Å². The summed E-state index contributed by atoms with van der Waals surface area (Å²) in [5.74, 6) is 0. The van der Waals surface area contributed by atoms with Gasteiger partial charge in [-0.15, -0.1) is 0 Å². The van der Waals surface area contributed by atoms with E-state index in [2.05, 4.69) is 100 Å². The second kappa shape index (κ2) is 7.85. The first-order valence-electron chi connectivity index (χ1n) is 9.27. The molecule has 1 unspecified atom stereocenters. The molecule has 0 radical (unpaired) electrons. The van der Waals surface area contributed by atoms with Crippen LogP contribution < -0.4 is 10.4 Å². The first-order valence-corrected chi connectivity index (χ1v) is 11.2. The SMILES string of the molecule is CC(N=N)C(C)(C)CO[Si](c1ccccc1)(c1ccccc1)C(C)(C)C. The molecule has 2 aromatic carbocycles. The van der Waals surface area contributed by atoms with Gasteiger partial charge in [0, 0.05) is 12.0 Å². The first-order chi connectivity index (χ1) is 12.1. The molecule has 1 atom stereocenters. The molecule has 0 aliphatic carbocycles. The van der Waals surface area contributed by atoms with Crippen LogP contribution >= 0.6 is 0 Å². The highest BCUT2D eigenvalue weighted by atomic mass is 28.4. The van der Waals surface area contributed by atoms with Crippen molar-refractivity contribution < 1.29 is 4.43 Å². The minimum Gasteiger partial charge on any atom is -0.407 e. The molecule has 0 bridgehead atoms. The molecule has 0 aliphatic rings. The Morgan fingerprint density at radius 2 is 1.31 bits per heavy atom. The van der Waals surface area contributed by atoms with E-state index in [0.717, 1.165) is 0 Å². The normalized spacial score (nSPS) is 14.1. The van der Waals surface area contributed by atoms with Gasteiger partial charge < -0.3 is 4.43 Å². The molecule has 0 aliphatic heterocycles. The summed E-state index contributed by atoms with van der Waals surface area (Å²) in [5.41, 5.74) is 7.23. The highest BCUT2D eigenvalue weighted by Gasteiger charge is 2.51. The van der Waals surface area contributed by atoms with Gasteiger partial charge in [0.1, 0.15) is 0 Å². The fraction of sp³-hybridized carbons (Fsp3) is 0.455. The van der Waals surface area contributed by atoms with E-state index >= 15 is 0 Å². The van der Waals surface area contributed by atoms with Crippen molar-refractivity contribution in [2.75, 3.05) is 6.61 Å². The summed E-state index contributed by atoms with van der Waals surface area (Å²) in [5, 5.41) is 6.28. The van der Waals surface area contributed by atoms with Crippen LogP contribution in [-0.2, 0) is 4.43 Å². The third kappa shape index (κ3) is 3.97. The largest absolute Gasteiger partial charge is 0.407 e. The van der Waals surface area contributed by atoms with E-state index in [-0.39, 0.29) is 16.5 Å². The van der Waals surface area contributed by atoms with Gasteiger partial charge in [-0.05, 0) is 22.3 Å². The number of hydrogen-bond acceptors (Lipinski definition) is 3. The van der Waals surface area contributed by atoms with Gasteiger partial charge in [-0.3, -0.25) is 0 Å². The molecule has 0 spiro atoms. The van der Waals surface area contributed by atoms with E-state index in [4.69, 9.17) is 9.96 Å². The Kier molecular flexibility index (Phi) is 6.19. The molecule has 26 heavy (non-hydrogen) atoms. The molecule has 4 heteroatoms. The number of nitrogens with one attached hydrogen (secondary N) is 1. The first kappa shape index (κ1) is 20.5. The zero-order valence-corrected chi connectivity index (χ0v) is 17.9. The molecule has 3 nitrogen and oxygen atoms in total. The van der Waals surface area contributed by atoms with Crippen LogP contribution in [0.25, 0.3) is 0 Å². The van der Waals surface area contributed by atoms with Gasteiger partial charge in [-0.1, -0.05) is 95.3 Å². The van der Waals surface area contributed by atoms with Gasteiger partial charge in [-0.2, -0.15) is 5.11 Å². The molecule has 2 rings (SSSR count). The second-order valence-corrected chi connectivity index (χ2v) is 13.1. The van der Waals surface area contributed by atoms with Crippen molar-refractivity contribution >= 4 is 18.7 Å². The van der Waals surface area contributed by atoms with Crippen LogP contribution in [0, 0.1) is 10.9 Å². The fourth-order valence-corrected chi connectivity index (χ4v) is 8.10. The monoisotopic (exact) mass is 368 g/mol. The van der Waals surface area contributed by atoms with Crippen LogP contribution in [0.2, 0.25) is 5.04 Å². The minimum atomic E-state index is -2.52. The zero-order valence-electron chi connectivity index (χ0n) is 16.9. The fourth-order valence-electron chi connectivity index (χ4n) is 3.35. The summed E-state index contributed by atoms with van der Waals surface area (Å²) >= 11 is 0. The zero-order chi connectivity index (χ0) is 19.4. The number of nitrogens with zero attached hydrogens (tertiary/aromatic N) is 1. The maximum Gasteiger partial charge on any atom is 0.261 e. The number of hydrogen-bond donors (Lipinski definition) is 1. The van der Waals surface area contributed by atoms with Crippen LogP contribution in [-0.4, -0.2) is 21.0 Å². The van der Waals surface area contributed by atoms with Gasteiger partial charge in [0.05, 0.1) is 6.04 Å². The van der Waals surface area contributed by atoms with Gasteiger partial charge >= 0.3 is 0 Å². The summed E-state index contributed by atoms with van der Waals surface area (Å²) < 4.78 is 6.95. The van der Waals surface area contributed by atoms with Crippen molar-refractivity contribution in [1.82, 2.24) is 0 Å². The lowest BCUT2D eigenvalue weighted by atomic mass is 9.87. The van der Waals surface area contributed by atoms with E-state index < -0.39 is 8.32 Å². The van der Waals surface area contributed by atoms with E-state index in [9.17, 15) is 0 Å². The summed E-state index contributed by atoms with van der Waals surface area (Å²) in [6.45, 7) is 13.7. The molecule has 1 N–H and O–H groups in total. The molecular formula is C22H32N2OSi. The molecule has 0 amide bonds. The maximum atomic E-state index is 7.43. The highest BCUT2D eigenvalue weighted by Crippen LogP contribution is 2.38.